The van der Waals surface area contributed by atoms with Crippen molar-refractivity contribution >= 4 is 65.4 Å². The minimum absolute atomic E-state index is 0.00681. The number of rotatable bonds is 45. The van der Waals surface area contributed by atoms with Crippen molar-refractivity contribution in [3.8, 4) is 0 Å². The van der Waals surface area contributed by atoms with Crippen LogP contribution in [0.3, 0.4) is 0 Å². The van der Waals surface area contributed by atoms with Crippen molar-refractivity contribution in [3.63, 3.8) is 0 Å². The first-order chi connectivity index (χ1) is 45.8. The summed E-state index contributed by atoms with van der Waals surface area (Å²) >= 11 is 0. The normalized spacial score (nSPS) is 13.9. The number of amides is 5. The van der Waals surface area contributed by atoms with Gasteiger partial charge in [0.05, 0.1) is 41.2 Å². The number of ketones is 1. The summed E-state index contributed by atoms with van der Waals surface area (Å²) in [5.41, 5.74) is 33.2. The second-order valence-corrected chi connectivity index (χ2v) is 30.2. The second-order valence-electron chi connectivity index (χ2n) is 24.2. The van der Waals surface area contributed by atoms with Gasteiger partial charge in [0.15, 0.2) is 0 Å². The number of nitrogens with zero attached hydrogens (tertiary/aromatic N) is 3. The molecular weight excluding hydrogens is 1290 g/mol. The Hall–Kier alpha value is -7.35. The Morgan fingerprint density at radius 2 is 0.781 bits per heavy atom. The van der Waals surface area contributed by atoms with Gasteiger partial charge >= 0.3 is 0 Å². The van der Waals surface area contributed by atoms with Gasteiger partial charge in [-0.1, -0.05) is 139 Å². The number of nitrogens with one attached hydrogen (secondary N) is 5. The topological polar surface area (TPSA) is 405 Å². The molecule has 5 aromatic carbocycles. The van der Waals surface area contributed by atoms with Crippen molar-refractivity contribution in [2.24, 2.45) is 28.7 Å². The summed E-state index contributed by atoms with van der Waals surface area (Å²) in [5.74, 6) is -4.77. The standard InChI is InChI=1S/C68H99N13O12S3/c1-50-28-32-59(33-29-50)95(90,91)80(49-65(84)78-63(43-55-23-11-6-12-24-55)68(87)76-57(41-53-19-7-4-8-20-53)46-79(44-52(3)82)94(88,89)40-39-72)45-56(25-13-16-36-69)74-67(86)62(27-15-18-38-71)77-64(83)48-81(96(92,93)60-34-30-51(2)31-35-60)47-58(42-54-21-9-5-10-22-54)75-66(85)61(73)26-14-17-37-70/h4-12,19-24,28-35,56-58,61-63H,13-18,25-27,36-49,69-73H2,1-3H3,(H,74,86)(H,75,85)(H,76,87)(H,77,83)(H,78,84)/t56-,57-,58-,61-,62-,63-/m0/s1. The number of Topliss-reactive ketones (excluding diaryl/α,β-unsaturated/α-hetero) is 1. The minimum atomic E-state index is -4.63. The van der Waals surface area contributed by atoms with Crippen molar-refractivity contribution in [2.45, 2.75) is 144 Å². The Balaban J connectivity index is 1.50. The van der Waals surface area contributed by atoms with Crippen LogP contribution in [0.25, 0.3) is 0 Å². The first-order valence-electron chi connectivity index (χ1n) is 32.6. The number of aryl methyl sites for hydroxylation is 2. The van der Waals surface area contributed by atoms with Gasteiger partial charge in [0.1, 0.15) is 17.9 Å². The molecule has 0 fully saturated rings. The zero-order valence-corrected chi connectivity index (χ0v) is 57.8. The molecule has 0 aliphatic heterocycles. The molecule has 5 aromatic rings. The molecule has 0 saturated heterocycles. The Morgan fingerprint density at radius 3 is 1.22 bits per heavy atom. The lowest BCUT2D eigenvalue weighted by Crippen LogP contribution is -2.57. The molecule has 96 heavy (non-hydrogen) atoms. The fraction of sp³-hybridized carbons (Fsp3) is 0.471. The number of nitrogens with two attached hydrogens (primary N) is 5. The van der Waals surface area contributed by atoms with Gasteiger partial charge < -0.3 is 55.3 Å². The smallest absolute Gasteiger partial charge is 0.243 e. The van der Waals surface area contributed by atoms with Crippen LogP contribution in [0.1, 0.15) is 92.5 Å². The minimum Gasteiger partial charge on any atom is -0.350 e. The van der Waals surface area contributed by atoms with Gasteiger partial charge in [-0.2, -0.15) is 12.9 Å². The molecule has 526 valence electrons. The van der Waals surface area contributed by atoms with Crippen LogP contribution in [0.15, 0.2) is 149 Å². The average molecular weight is 1390 g/mol. The van der Waals surface area contributed by atoms with E-state index in [4.69, 9.17) is 28.7 Å². The summed E-state index contributed by atoms with van der Waals surface area (Å²) < 4.78 is 89.6. The lowest BCUT2D eigenvalue weighted by molar-refractivity contribution is -0.130. The zero-order chi connectivity index (χ0) is 70.3. The molecule has 0 saturated carbocycles. The van der Waals surface area contributed by atoms with E-state index in [1.54, 1.807) is 111 Å². The van der Waals surface area contributed by atoms with Crippen LogP contribution in [0.5, 0.6) is 0 Å². The predicted octanol–water partition coefficient (Wildman–Crippen LogP) is 2.03. The number of sulfonamides is 3. The molecule has 0 radical (unpaired) electrons. The fourth-order valence-electron chi connectivity index (χ4n) is 10.8. The van der Waals surface area contributed by atoms with E-state index in [2.05, 4.69) is 26.6 Å². The van der Waals surface area contributed by atoms with Crippen LogP contribution < -0.4 is 55.3 Å². The van der Waals surface area contributed by atoms with E-state index in [0.717, 1.165) is 29.6 Å². The maximum absolute atomic E-state index is 15.0. The largest absolute Gasteiger partial charge is 0.350 e. The summed E-state index contributed by atoms with van der Waals surface area (Å²) in [5, 5.41) is 14.3. The fourth-order valence-corrected chi connectivity index (χ4v) is 15.0. The average Bonchev–Trinajstić information content (AvgIpc) is 0.826. The number of hydrogen-bond donors (Lipinski definition) is 10. The van der Waals surface area contributed by atoms with Gasteiger partial charge in [-0.25, -0.2) is 25.3 Å². The number of carbonyl (C=O) groups excluding carboxylic acids is 6. The maximum Gasteiger partial charge on any atom is 0.243 e. The van der Waals surface area contributed by atoms with Crippen molar-refractivity contribution in [3.05, 3.63) is 167 Å². The van der Waals surface area contributed by atoms with Gasteiger partial charge in [-0.05, 0) is 139 Å². The molecule has 0 aliphatic rings. The van der Waals surface area contributed by atoms with Crippen LogP contribution >= 0.6 is 0 Å². The monoisotopic (exact) mass is 1390 g/mol. The summed E-state index contributed by atoms with van der Waals surface area (Å²) in [6, 6.07) is 32.0. The summed E-state index contributed by atoms with van der Waals surface area (Å²) in [7, 11) is -13.2. The van der Waals surface area contributed by atoms with Crippen LogP contribution in [0.2, 0.25) is 0 Å². The molecular formula is C68H99N13O12S3. The Morgan fingerprint density at radius 1 is 0.406 bits per heavy atom. The molecule has 15 N–H and O–H groups in total. The number of unbranched alkanes of at least 4 members (excludes halogenated alkanes) is 3. The highest BCUT2D eigenvalue weighted by atomic mass is 32.2. The van der Waals surface area contributed by atoms with E-state index in [-0.39, 0.29) is 68.1 Å². The highest BCUT2D eigenvalue weighted by Gasteiger charge is 2.36. The zero-order valence-electron chi connectivity index (χ0n) is 55.4. The van der Waals surface area contributed by atoms with E-state index < -0.39 is 140 Å². The van der Waals surface area contributed by atoms with E-state index >= 15 is 8.42 Å². The summed E-state index contributed by atoms with van der Waals surface area (Å²) in [6.45, 7) is 1.97. The summed E-state index contributed by atoms with van der Waals surface area (Å²) in [4.78, 5) is 85.1. The SMILES string of the molecule is CC(=O)CN(C[C@H](Cc1ccccc1)NC(=O)[C@H](Cc1ccccc1)NC(=O)CN(C[C@H](CCCCN)NC(=O)[C@H](CCCCN)NC(=O)CN(C[C@H](Cc1ccccc1)NC(=O)[C@@H](N)CCCCN)S(=O)(=O)c1ccc(C)cc1)S(=O)(=O)c1ccc(C)cc1)S(=O)(=O)CCN. The Labute approximate surface area is 567 Å². The highest BCUT2D eigenvalue weighted by molar-refractivity contribution is 7.89. The first kappa shape index (κ1) is 79.3. The molecule has 0 bridgehead atoms. The van der Waals surface area contributed by atoms with Crippen molar-refractivity contribution in [1.29, 1.82) is 0 Å². The van der Waals surface area contributed by atoms with Crippen LogP contribution in [0.4, 0.5) is 0 Å². The number of benzene rings is 5. The molecule has 0 unspecified atom stereocenters. The molecule has 6 atom stereocenters. The summed E-state index contributed by atoms with van der Waals surface area (Å²) in [6.07, 6.45) is 3.34. The third kappa shape index (κ3) is 26.9. The van der Waals surface area contributed by atoms with Crippen LogP contribution in [-0.4, -0.2) is 181 Å². The van der Waals surface area contributed by atoms with E-state index in [1.807, 2.05) is 18.2 Å². The molecule has 0 spiro atoms. The van der Waals surface area contributed by atoms with Crippen molar-refractivity contribution in [2.75, 3.05) is 71.2 Å². The first-order valence-corrected chi connectivity index (χ1v) is 37.1. The third-order valence-corrected chi connectivity index (χ3v) is 21.4. The lowest BCUT2D eigenvalue weighted by Gasteiger charge is -2.31. The van der Waals surface area contributed by atoms with Gasteiger partial charge in [-0.15, -0.1) is 0 Å². The van der Waals surface area contributed by atoms with Crippen molar-refractivity contribution < 1.29 is 54.0 Å². The quantitative estimate of drug-likeness (QED) is 0.0249. The van der Waals surface area contributed by atoms with Crippen molar-refractivity contribution in [1.82, 2.24) is 39.5 Å². The maximum atomic E-state index is 15.0. The third-order valence-electron chi connectivity index (χ3n) is 15.9. The lowest BCUT2D eigenvalue weighted by atomic mass is 10.0. The van der Waals surface area contributed by atoms with E-state index in [9.17, 15) is 45.6 Å². The van der Waals surface area contributed by atoms with E-state index in [0.29, 0.717) is 62.6 Å². The molecule has 0 aromatic heterocycles. The Kier molecular flexibility index (Phi) is 33.4. The number of carbonyl (C=O) groups is 6. The molecule has 5 amide bonds. The molecule has 28 heteroatoms. The molecule has 5 rings (SSSR count). The molecule has 25 nitrogen and oxygen atoms in total. The van der Waals surface area contributed by atoms with Gasteiger partial charge in [-0.3, -0.25) is 28.8 Å². The van der Waals surface area contributed by atoms with Gasteiger partial charge in [0, 0.05) is 50.7 Å². The highest BCUT2D eigenvalue weighted by Crippen LogP contribution is 2.22. The molecule has 0 aliphatic carbocycles. The van der Waals surface area contributed by atoms with Gasteiger partial charge in [0.2, 0.25) is 59.6 Å². The van der Waals surface area contributed by atoms with E-state index in [1.165, 1.54) is 31.2 Å². The van der Waals surface area contributed by atoms with Crippen LogP contribution in [-0.2, 0) is 78.1 Å². The Bertz CT molecular complexity index is 3580. The second kappa shape index (κ2) is 40.4. The van der Waals surface area contributed by atoms with Crippen LogP contribution in [0, 0.1) is 13.8 Å². The number of hydrogen-bond acceptors (Lipinski definition) is 17. The molecule has 0 heterocycles. The van der Waals surface area contributed by atoms with Gasteiger partial charge in [0.25, 0.3) is 0 Å². The predicted molar refractivity (Wildman–Crippen MR) is 372 cm³/mol.